The van der Waals surface area contributed by atoms with Crippen LogP contribution in [0.3, 0.4) is 0 Å². The minimum atomic E-state index is 0.243. The topological polar surface area (TPSA) is 22.1 Å². The number of ether oxygens (including phenoxy) is 1. The van der Waals surface area contributed by atoms with Crippen molar-refractivity contribution in [3.05, 3.63) is 72.1 Å². The number of aryl methyl sites for hydroxylation is 1. The van der Waals surface area contributed by atoms with Crippen molar-refractivity contribution < 1.29 is 4.74 Å². The Bertz CT molecular complexity index is 962. The number of aromatic nitrogens is 1. The fraction of sp³-hybridized carbons (Fsp3) is 0.483. The molecule has 0 aliphatic heterocycles. The van der Waals surface area contributed by atoms with Gasteiger partial charge in [0.05, 0.1) is 6.10 Å². The fourth-order valence-corrected chi connectivity index (χ4v) is 4.80. The molecule has 2 heteroatoms. The number of hydrogen-bond acceptors (Lipinski definition) is 2. The number of fused-ring (bicyclic) bond motifs is 1. The van der Waals surface area contributed by atoms with Crippen molar-refractivity contribution in [3.8, 4) is 5.75 Å². The summed E-state index contributed by atoms with van der Waals surface area (Å²) in [5.41, 5.74) is 3.15. The Morgan fingerprint density at radius 1 is 0.871 bits per heavy atom. The van der Waals surface area contributed by atoms with Gasteiger partial charge in [0.25, 0.3) is 0 Å². The summed E-state index contributed by atoms with van der Waals surface area (Å²) in [5, 5.41) is 2.37. The maximum absolute atomic E-state index is 6.31. The first kappa shape index (κ1) is 21.9. The highest BCUT2D eigenvalue weighted by Gasteiger charge is 2.22. The second kappa shape index (κ2) is 9.85. The third kappa shape index (κ3) is 6.09. The third-order valence-corrected chi connectivity index (χ3v) is 6.86. The lowest BCUT2D eigenvalue weighted by Crippen LogP contribution is -2.24. The summed E-state index contributed by atoms with van der Waals surface area (Å²) in [5.74, 6) is 1.88. The molecule has 1 fully saturated rings. The molecule has 1 aliphatic rings. The largest absolute Gasteiger partial charge is 0.490 e. The van der Waals surface area contributed by atoms with Crippen molar-refractivity contribution in [3.63, 3.8) is 0 Å². The lowest BCUT2D eigenvalue weighted by atomic mass is 9.83. The molecular formula is C29H37NO. The van der Waals surface area contributed by atoms with Crippen LogP contribution in [0, 0.1) is 5.92 Å². The summed E-state index contributed by atoms with van der Waals surface area (Å²) >= 11 is 0. The molecule has 1 aliphatic carbocycles. The summed E-state index contributed by atoms with van der Waals surface area (Å²) in [4.78, 5) is 4.19. The molecule has 0 bridgehead atoms. The lowest BCUT2D eigenvalue weighted by molar-refractivity contribution is 0.128. The van der Waals surface area contributed by atoms with Crippen LogP contribution < -0.4 is 4.74 Å². The van der Waals surface area contributed by atoms with Gasteiger partial charge in [-0.3, -0.25) is 4.98 Å². The molecule has 4 rings (SSSR count). The highest BCUT2D eigenvalue weighted by molar-refractivity contribution is 5.82. The molecule has 3 aromatic rings. The van der Waals surface area contributed by atoms with E-state index in [4.69, 9.17) is 4.74 Å². The number of hydrogen-bond donors (Lipinski definition) is 0. The number of pyridine rings is 1. The predicted molar refractivity (Wildman–Crippen MR) is 131 cm³/mol. The maximum Gasteiger partial charge on any atom is 0.120 e. The highest BCUT2D eigenvalue weighted by atomic mass is 16.5. The van der Waals surface area contributed by atoms with Crippen LogP contribution in [0.4, 0.5) is 0 Å². The highest BCUT2D eigenvalue weighted by Crippen LogP contribution is 2.32. The van der Waals surface area contributed by atoms with E-state index < -0.39 is 0 Å². The Morgan fingerprint density at radius 2 is 1.65 bits per heavy atom. The summed E-state index contributed by atoms with van der Waals surface area (Å²) in [6.45, 7) is 6.84. The maximum atomic E-state index is 6.31. The van der Waals surface area contributed by atoms with Gasteiger partial charge >= 0.3 is 0 Å². The molecule has 2 aromatic carbocycles. The van der Waals surface area contributed by atoms with Gasteiger partial charge in [0.15, 0.2) is 0 Å². The SMILES string of the molecule is CC(C)(C)c1ccc(CCCCC2CCC(Oc3ccc4cnccc4c3)CC2)cc1. The summed E-state index contributed by atoms with van der Waals surface area (Å²) in [6, 6.07) is 17.7. The van der Waals surface area contributed by atoms with E-state index in [9.17, 15) is 0 Å². The van der Waals surface area contributed by atoms with Gasteiger partial charge in [-0.1, -0.05) is 57.9 Å². The van der Waals surface area contributed by atoms with E-state index in [1.165, 1.54) is 73.3 Å². The van der Waals surface area contributed by atoms with Crippen LogP contribution in [-0.4, -0.2) is 11.1 Å². The Labute approximate surface area is 188 Å². The van der Waals surface area contributed by atoms with Crippen LogP contribution in [-0.2, 0) is 11.8 Å². The van der Waals surface area contributed by atoms with Crippen molar-refractivity contribution in [1.82, 2.24) is 4.98 Å². The van der Waals surface area contributed by atoms with E-state index >= 15 is 0 Å². The standard InChI is InChI=1S/C29H37NO/c1-29(2,3)26-13-8-22(9-14-26)6-4-5-7-23-10-15-27(16-11-23)31-28-17-12-25-21-30-19-18-24(25)20-28/h8-9,12-14,17-21,23,27H,4-7,10-11,15-16H2,1-3H3. The van der Waals surface area contributed by atoms with Crippen LogP contribution in [0.1, 0.15) is 76.8 Å². The molecule has 0 saturated heterocycles. The Hall–Kier alpha value is -2.35. The van der Waals surface area contributed by atoms with Crippen molar-refractivity contribution in [2.45, 2.75) is 83.7 Å². The zero-order valence-electron chi connectivity index (χ0n) is 19.4. The normalized spacial score (nSPS) is 19.5. The number of rotatable bonds is 7. The molecule has 0 amide bonds. The van der Waals surface area contributed by atoms with E-state index in [1.807, 2.05) is 12.4 Å². The molecule has 0 radical (unpaired) electrons. The Morgan fingerprint density at radius 3 is 2.39 bits per heavy atom. The van der Waals surface area contributed by atoms with Crippen LogP contribution in [0.5, 0.6) is 5.75 Å². The van der Waals surface area contributed by atoms with Gasteiger partial charge in [-0.25, -0.2) is 0 Å². The first-order valence-corrected chi connectivity index (χ1v) is 12.1. The number of benzene rings is 2. The van der Waals surface area contributed by atoms with Gasteiger partial charge in [0.2, 0.25) is 0 Å². The predicted octanol–water partition coefficient (Wildman–Crippen LogP) is 7.88. The molecule has 1 saturated carbocycles. The van der Waals surface area contributed by atoms with E-state index in [-0.39, 0.29) is 5.41 Å². The Kier molecular flexibility index (Phi) is 6.95. The number of nitrogens with zero attached hydrogens (tertiary/aromatic N) is 1. The molecule has 0 atom stereocenters. The molecule has 31 heavy (non-hydrogen) atoms. The van der Waals surface area contributed by atoms with Gasteiger partial charge < -0.3 is 4.74 Å². The Balaban J connectivity index is 1.16. The summed E-state index contributed by atoms with van der Waals surface area (Å²) in [7, 11) is 0. The second-order valence-electron chi connectivity index (χ2n) is 10.3. The molecule has 0 spiro atoms. The summed E-state index contributed by atoms with van der Waals surface area (Å²) < 4.78 is 6.31. The third-order valence-electron chi connectivity index (χ3n) is 6.86. The molecule has 0 unspecified atom stereocenters. The summed E-state index contributed by atoms with van der Waals surface area (Å²) in [6.07, 6.45) is 14.3. The van der Waals surface area contributed by atoms with Crippen LogP contribution >= 0.6 is 0 Å². The van der Waals surface area contributed by atoms with Gasteiger partial charge in [-0.05, 0) is 90.6 Å². The van der Waals surface area contributed by atoms with Crippen molar-refractivity contribution >= 4 is 10.8 Å². The molecule has 1 aromatic heterocycles. The first-order valence-electron chi connectivity index (χ1n) is 12.1. The minimum absolute atomic E-state index is 0.243. The van der Waals surface area contributed by atoms with Crippen molar-refractivity contribution in [1.29, 1.82) is 0 Å². The zero-order valence-corrected chi connectivity index (χ0v) is 19.4. The van der Waals surface area contributed by atoms with E-state index in [2.05, 4.69) is 74.3 Å². The quantitative estimate of drug-likeness (QED) is 0.366. The molecule has 2 nitrogen and oxygen atoms in total. The van der Waals surface area contributed by atoms with Gasteiger partial charge in [0.1, 0.15) is 5.75 Å². The van der Waals surface area contributed by atoms with Gasteiger partial charge in [-0.15, -0.1) is 0 Å². The lowest BCUT2D eigenvalue weighted by Gasteiger charge is -2.29. The molecule has 0 N–H and O–H groups in total. The first-order chi connectivity index (χ1) is 15.0. The molecular weight excluding hydrogens is 378 g/mol. The average molecular weight is 416 g/mol. The molecule has 164 valence electrons. The van der Waals surface area contributed by atoms with E-state index in [1.54, 1.807) is 0 Å². The number of unbranched alkanes of at least 4 members (excludes halogenated alkanes) is 1. The molecule has 1 heterocycles. The van der Waals surface area contributed by atoms with E-state index in [0.717, 1.165) is 11.7 Å². The smallest absolute Gasteiger partial charge is 0.120 e. The van der Waals surface area contributed by atoms with Crippen LogP contribution in [0.25, 0.3) is 10.8 Å². The fourth-order valence-electron chi connectivity index (χ4n) is 4.80. The average Bonchev–Trinajstić information content (AvgIpc) is 2.77. The van der Waals surface area contributed by atoms with E-state index in [0.29, 0.717) is 6.10 Å². The zero-order chi connectivity index (χ0) is 21.7. The van der Waals surface area contributed by atoms with Crippen LogP contribution in [0.15, 0.2) is 60.9 Å². The van der Waals surface area contributed by atoms with Gasteiger partial charge in [-0.2, -0.15) is 0 Å². The van der Waals surface area contributed by atoms with Crippen molar-refractivity contribution in [2.75, 3.05) is 0 Å². The minimum Gasteiger partial charge on any atom is -0.490 e. The monoisotopic (exact) mass is 415 g/mol. The van der Waals surface area contributed by atoms with Crippen molar-refractivity contribution in [2.24, 2.45) is 5.92 Å². The van der Waals surface area contributed by atoms with Crippen LogP contribution in [0.2, 0.25) is 0 Å². The van der Waals surface area contributed by atoms with Gasteiger partial charge in [0, 0.05) is 17.8 Å². The second-order valence-corrected chi connectivity index (χ2v) is 10.3.